The molecule has 112 valence electrons. The van der Waals surface area contributed by atoms with Gasteiger partial charge < -0.3 is 9.36 Å². The zero-order valence-electron chi connectivity index (χ0n) is 11.5. The molecule has 0 unspecified atom stereocenters. The van der Waals surface area contributed by atoms with Crippen LogP contribution in [0.5, 0.6) is 0 Å². The Morgan fingerprint density at radius 2 is 2.14 bits per heavy atom. The molecule has 0 N–H and O–H groups in total. The first-order chi connectivity index (χ1) is 9.77. The summed E-state index contributed by atoms with van der Waals surface area (Å²) in [6.45, 7) is 3.50. The minimum Gasteiger partial charge on any atom is -0.389 e. The van der Waals surface area contributed by atoms with E-state index in [4.69, 9.17) is 9.36 Å². The Balaban J connectivity index is 1.93. The molecule has 1 aromatic carbocycles. The van der Waals surface area contributed by atoms with Crippen molar-refractivity contribution in [2.24, 2.45) is 5.16 Å². The molecule has 0 spiro atoms. The van der Waals surface area contributed by atoms with Crippen LogP contribution in [0.15, 0.2) is 27.9 Å². The molecule has 21 heavy (non-hydrogen) atoms. The van der Waals surface area contributed by atoms with Gasteiger partial charge in [-0.05, 0) is 32.0 Å². The zero-order chi connectivity index (χ0) is 15.3. The lowest BCUT2D eigenvalue weighted by Crippen LogP contribution is -2.23. The first kappa shape index (κ1) is 14.0. The Morgan fingerprint density at radius 3 is 2.81 bits per heavy atom. The first-order valence-corrected chi connectivity index (χ1v) is 7.94. The summed E-state index contributed by atoms with van der Waals surface area (Å²) in [5.74, 6) is -0.881. The molecule has 1 aliphatic rings. The van der Waals surface area contributed by atoms with Gasteiger partial charge in [0, 0.05) is 11.8 Å². The van der Waals surface area contributed by atoms with Gasteiger partial charge in [-0.3, -0.25) is 0 Å². The summed E-state index contributed by atoms with van der Waals surface area (Å²) in [5, 5.41) is 7.66. The number of hydrogen-bond acceptors (Lipinski definition) is 6. The van der Waals surface area contributed by atoms with Crippen molar-refractivity contribution in [1.82, 2.24) is 5.16 Å². The van der Waals surface area contributed by atoms with Crippen molar-refractivity contribution < 1.29 is 22.2 Å². The maximum Gasteiger partial charge on any atom is 0.200 e. The van der Waals surface area contributed by atoms with E-state index in [0.29, 0.717) is 11.0 Å². The second kappa shape index (κ2) is 4.52. The normalized spacial score (nSPS) is 17.8. The highest BCUT2D eigenvalue weighted by Gasteiger charge is 2.36. The Bertz CT molecular complexity index is 839. The van der Waals surface area contributed by atoms with E-state index >= 15 is 0 Å². The molecule has 6 nitrogen and oxygen atoms in total. The van der Waals surface area contributed by atoms with Gasteiger partial charge in [0.25, 0.3) is 0 Å². The van der Waals surface area contributed by atoms with Gasteiger partial charge in [0.05, 0.1) is 0 Å². The number of sulfone groups is 1. The fraction of sp³-hybridized carbons (Fsp3) is 0.385. The lowest BCUT2D eigenvalue weighted by Gasteiger charge is -2.13. The average Bonchev–Trinajstić information content (AvgIpc) is 2.93. The van der Waals surface area contributed by atoms with Crippen molar-refractivity contribution in [3.05, 3.63) is 29.7 Å². The molecule has 1 aliphatic heterocycles. The van der Waals surface area contributed by atoms with Crippen molar-refractivity contribution in [2.45, 2.75) is 31.6 Å². The summed E-state index contributed by atoms with van der Waals surface area (Å²) < 4.78 is 42.9. The predicted octanol–water partition coefficient (Wildman–Crippen LogP) is 2.39. The number of rotatable bonds is 2. The van der Waals surface area contributed by atoms with Gasteiger partial charge >= 0.3 is 0 Å². The van der Waals surface area contributed by atoms with Gasteiger partial charge in [-0.25, -0.2) is 12.8 Å². The smallest absolute Gasteiger partial charge is 0.200 e. The van der Waals surface area contributed by atoms with Crippen molar-refractivity contribution >= 4 is 25.9 Å². The number of halogens is 1. The Hall–Kier alpha value is -1.96. The Morgan fingerprint density at radius 1 is 1.38 bits per heavy atom. The van der Waals surface area contributed by atoms with Crippen LogP contribution >= 0.6 is 0 Å². The quantitative estimate of drug-likeness (QED) is 0.850. The fourth-order valence-corrected chi connectivity index (χ4v) is 3.55. The molecule has 0 amide bonds. The van der Waals surface area contributed by atoms with Gasteiger partial charge in [0.15, 0.2) is 10.6 Å². The van der Waals surface area contributed by atoms with Crippen LogP contribution in [-0.4, -0.2) is 24.2 Å². The fourth-order valence-electron chi connectivity index (χ4n) is 2.10. The minimum absolute atomic E-state index is 0.0277. The van der Waals surface area contributed by atoms with Crippen molar-refractivity contribution in [3.63, 3.8) is 0 Å². The van der Waals surface area contributed by atoms with E-state index in [2.05, 4.69) is 10.3 Å². The van der Waals surface area contributed by atoms with Crippen LogP contribution in [0, 0.1) is 5.82 Å². The van der Waals surface area contributed by atoms with Crippen LogP contribution in [0.4, 0.5) is 4.39 Å². The van der Waals surface area contributed by atoms with E-state index in [0.717, 1.165) is 0 Å². The molecule has 0 atom stereocenters. The largest absolute Gasteiger partial charge is 0.389 e. The highest BCUT2D eigenvalue weighted by molar-refractivity contribution is 8.05. The Labute approximate surface area is 120 Å². The van der Waals surface area contributed by atoms with Crippen molar-refractivity contribution in [1.29, 1.82) is 0 Å². The molecule has 1 aromatic heterocycles. The zero-order valence-corrected chi connectivity index (χ0v) is 12.3. The van der Waals surface area contributed by atoms with Gasteiger partial charge in [0.1, 0.15) is 22.9 Å². The number of aromatic nitrogens is 1. The van der Waals surface area contributed by atoms with Crippen LogP contribution in [0.1, 0.15) is 26.0 Å². The van der Waals surface area contributed by atoms with Gasteiger partial charge in [-0.15, -0.1) is 0 Å². The van der Waals surface area contributed by atoms with Crippen LogP contribution in [0.2, 0.25) is 0 Å². The molecule has 0 fully saturated rings. The maximum atomic E-state index is 13.3. The SMILES string of the molecule is CC1(C)CC(S(=O)(=O)Cc2noc3ccc(F)cc23)=NO1. The Kier molecular flexibility index (Phi) is 3.01. The lowest BCUT2D eigenvalue weighted by molar-refractivity contribution is 0.0123. The topological polar surface area (TPSA) is 81.8 Å². The van der Waals surface area contributed by atoms with Crippen molar-refractivity contribution in [2.75, 3.05) is 0 Å². The summed E-state index contributed by atoms with van der Waals surface area (Å²) >= 11 is 0. The summed E-state index contributed by atoms with van der Waals surface area (Å²) in [7, 11) is -3.68. The summed E-state index contributed by atoms with van der Waals surface area (Å²) in [5.41, 5.74) is -0.135. The number of nitrogens with zero attached hydrogens (tertiary/aromatic N) is 2. The van der Waals surface area contributed by atoms with E-state index in [1.165, 1.54) is 18.2 Å². The summed E-state index contributed by atoms with van der Waals surface area (Å²) in [6.07, 6.45) is 0.194. The van der Waals surface area contributed by atoms with E-state index in [1.54, 1.807) is 13.8 Å². The van der Waals surface area contributed by atoms with E-state index in [-0.39, 0.29) is 17.2 Å². The van der Waals surface area contributed by atoms with Crippen LogP contribution in [-0.2, 0) is 20.4 Å². The standard InChI is InChI=1S/C13H13FN2O4S/c1-13(2)6-12(16-20-13)21(17,18)7-10-9-5-8(14)3-4-11(9)19-15-10/h3-5H,6-7H2,1-2H3. The third kappa shape index (κ3) is 2.63. The first-order valence-electron chi connectivity index (χ1n) is 6.28. The molecule has 2 aromatic rings. The maximum absolute atomic E-state index is 13.3. The highest BCUT2D eigenvalue weighted by atomic mass is 32.2. The van der Waals surface area contributed by atoms with Gasteiger partial charge in [-0.1, -0.05) is 10.3 Å². The molecule has 0 radical (unpaired) electrons. The van der Waals surface area contributed by atoms with E-state index < -0.39 is 27.0 Å². The molecular formula is C13H13FN2O4S. The average molecular weight is 312 g/mol. The third-order valence-electron chi connectivity index (χ3n) is 3.16. The third-order valence-corrected chi connectivity index (χ3v) is 4.75. The summed E-state index contributed by atoms with van der Waals surface area (Å²) in [4.78, 5) is 5.07. The molecule has 3 rings (SSSR count). The molecule has 0 aliphatic carbocycles. The highest BCUT2D eigenvalue weighted by Crippen LogP contribution is 2.27. The number of hydrogen-bond donors (Lipinski definition) is 0. The molecule has 0 bridgehead atoms. The number of benzene rings is 1. The lowest BCUT2D eigenvalue weighted by atomic mass is 10.1. The number of fused-ring (bicyclic) bond motifs is 1. The molecular weight excluding hydrogens is 299 g/mol. The monoisotopic (exact) mass is 312 g/mol. The van der Waals surface area contributed by atoms with Crippen LogP contribution in [0.3, 0.4) is 0 Å². The molecule has 0 saturated carbocycles. The second-order valence-electron chi connectivity index (χ2n) is 5.54. The molecule has 8 heteroatoms. The van der Waals surface area contributed by atoms with Crippen LogP contribution in [0.25, 0.3) is 11.0 Å². The minimum atomic E-state index is -3.68. The van der Waals surface area contributed by atoms with E-state index in [1.807, 2.05) is 0 Å². The molecule has 2 heterocycles. The summed E-state index contributed by atoms with van der Waals surface area (Å²) in [6, 6.07) is 3.84. The van der Waals surface area contributed by atoms with Gasteiger partial charge in [0.2, 0.25) is 9.84 Å². The number of oxime groups is 1. The second-order valence-corrected chi connectivity index (χ2v) is 7.53. The molecule has 0 saturated heterocycles. The predicted molar refractivity (Wildman–Crippen MR) is 73.8 cm³/mol. The van der Waals surface area contributed by atoms with E-state index in [9.17, 15) is 12.8 Å². The van der Waals surface area contributed by atoms with Crippen LogP contribution < -0.4 is 0 Å². The van der Waals surface area contributed by atoms with Crippen molar-refractivity contribution in [3.8, 4) is 0 Å². The van der Waals surface area contributed by atoms with Gasteiger partial charge in [-0.2, -0.15) is 0 Å².